The monoisotopic (exact) mass is 674 g/mol. The van der Waals surface area contributed by atoms with Crippen molar-refractivity contribution in [2.45, 2.75) is 108 Å². The quantitative estimate of drug-likeness (QED) is 0.0811. The highest BCUT2D eigenvalue weighted by Crippen LogP contribution is 2.47. The number of rotatable bonds is 13. The van der Waals surface area contributed by atoms with Crippen LogP contribution in [0.15, 0.2) is 11.1 Å². The average Bonchev–Trinajstić information content (AvgIpc) is 2.91. The zero-order valence-electron chi connectivity index (χ0n) is 28.7. The minimum Gasteiger partial charge on any atom is -0.496 e. The van der Waals surface area contributed by atoms with Gasteiger partial charge in [0.25, 0.3) is 0 Å². The Kier molecular flexibility index (Phi) is 16.1. The van der Waals surface area contributed by atoms with Gasteiger partial charge in [0.2, 0.25) is 5.96 Å². The first-order valence-corrected chi connectivity index (χ1v) is 18.2. The van der Waals surface area contributed by atoms with Gasteiger partial charge in [-0.25, -0.2) is 14.6 Å². The maximum Gasteiger partial charge on any atom is 0.414 e. The van der Waals surface area contributed by atoms with Crippen LogP contribution in [0.25, 0.3) is 0 Å². The number of methoxy groups -OCH3 is 1. The van der Waals surface area contributed by atoms with E-state index in [0.717, 1.165) is 28.0 Å². The van der Waals surface area contributed by atoms with Crippen molar-refractivity contribution in [3.8, 4) is 5.75 Å². The lowest BCUT2D eigenvalue weighted by Crippen LogP contribution is -2.52. The van der Waals surface area contributed by atoms with Crippen LogP contribution in [0.2, 0.25) is 0 Å². The fourth-order valence-corrected chi connectivity index (χ4v) is 7.62. The van der Waals surface area contributed by atoms with Crippen molar-refractivity contribution in [1.82, 2.24) is 16.0 Å². The molecule has 10 nitrogen and oxygen atoms in total. The molecular weight excluding hydrogens is 621 g/mol. The van der Waals surface area contributed by atoms with Gasteiger partial charge in [0.1, 0.15) is 26.5 Å². The molecule has 0 aliphatic carbocycles. The predicted octanol–water partition coefficient (Wildman–Crippen LogP) is 6.37. The van der Waals surface area contributed by atoms with Gasteiger partial charge in [-0.2, -0.15) is 0 Å². The maximum absolute atomic E-state index is 12.7. The lowest BCUT2D eigenvalue weighted by Gasteiger charge is -2.38. The summed E-state index contributed by atoms with van der Waals surface area (Å²) in [6.07, 6.45) is 4.77. The second kappa shape index (κ2) is 17.7. The van der Waals surface area contributed by atoms with Gasteiger partial charge >= 0.3 is 12.2 Å². The predicted molar refractivity (Wildman–Crippen MR) is 187 cm³/mol. The SMILES string of the molecule is COc1cc(C)c(CN=C(NCCCC(NC(=O)OC(C)(C)C)C(O)C(SC)(SC)SC)NC(=O)OC(C)(C)C)c(C)c1C. The van der Waals surface area contributed by atoms with Gasteiger partial charge in [-0.05, 0) is 122 Å². The van der Waals surface area contributed by atoms with E-state index in [1.807, 2.05) is 45.6 Å². The van der Waals surface area contributed by atoms with Crippen LogP contribution in [0.3, 0.4) is 0 Å². The van der Waals surface area contributed by atoms with Crippen molar-refractivity contribution in [2.75, 3.05) is 32.4 Å². The number of nitrogens with one attached hydrogen (secondary N) is 3. The Morgan fingerprint density at radius 3 is 1.98 bits per heavy atom. The largest absolute Gasteiger partial charge is 0.496 e. The standard InChI is InChI=1S/C31H54N4O6S3/c1-19-17-24(39-10)21(3)20(2)22(19)18-33-26(35-28(38)41-30(7,8)9)32-16-14-15-23(34-27(37)40-29(4,5)6)25(36)31(42-11,43-12)44-13/h17,23,25,36H,14-16,18H2,1-13H3,(H,34,37)(H2,32,33,35,38). The zero-order valence-corrected chi connectivity index (χ0v) is 31.2. The average molecular weight is 675 g/mol. The third kappa shape index (κ3) is 12.8. The van der Waals surface area contributed by atoms with Crippen LogP contribution >= 0.6 is 35.3 Å². The summed E-state index contributed by atoms with van der Waals surface area (Å²) in [5.74, 6) is 1.10. The lowest BCUT2D eigenvalue weighted by molar-refractivity contribution is 0.0421. The number of aliphatic imine (C=N–C) groups is 1. The maximum atomic E-state index is 12.7. The van der Waals surface area contributed by atoms with Crippen LogP contribution in [0.4, 0.5) is 9.59 Å². The molecule has 0 aromatic heterocycles. The molecule has 4 N–H and O–H groups in total. The number of aliphatic hydroxyl groups excluding tert-OH is 1. The minimum atomic E-state index is -0.868. The Bertz CT molecular complexity index is 1120. The van der Waals surface area contributed by atoms with Crippen LogP contribution in [-0.4, -0.2) is 82.4 Å². The van der Waals surface area contributed by atoms with Crippen LogP contribution in [0.1, 0.15) is 76.6 Å². The van der Waals surface area contributed by atoms with E-state index in [-0.39, 0.29) is 5.96 Å². The zero-order chi connectivity index (χ0) is 33.9. The molecule has 252 valence electrons. The molecule has 2 unspecified atom stereocenters. The number of aliphatic hydroxyl groups is 1. The highest BCUT2D eigenvalue weighted by molar-refractivity contribution is 8.33. The van der Waals surface area contributed by atoms with Crippen molar-refractivity contribution >= 4 is 53.4 Å². The molecule has 2 atom stereocenters. The Morgan fingerprint density at radius 2 is 1.48 bits per heavy atom. The van der Waals surface area contributed by atoms with E-state index in [1.165, 1.54) is 35.3 Å². The number of carbonyl (C=O) groups is 2. The van der Waals surface area contributed by atoms with E-state index in [9.17, 15) is 14.7 Å². The van der Waals surface area contributed by atoms with Gasteiger partial charge in [-0.1, -0.05) is 0 Å². The molecule has 0 fully saturated rings. The number of guanidine groups is 1. The Morgan fingerprint density at radius 1 is 0.932 bits per heavy atom. The molecule has 0 radical (unpaired) electrons. The Balaban J connectivity index is 3.17. The number of carbonyl (C=O) groups excluding carboxylic acids is 2. The summed E-state index contributed by atoms with van der Waals surface area (Å²) >= 11 is 4.62. The van der Waals surface area contributed by atoms with Gasteiger partial charge in [0, 0.05) is 6.54 Å². The van der Waals surface area contributed by atoms with Crippen molar-refractivity contribution in [3.63, 3.8) is 0 Å². The molecule has 0 bridgehead atoms. The second-order valence-electron chi connectivity index (χ2n) is 12.4. The molecule has 1 aromatic carbocycles. The summed E-state index contributed by atoms with van der Waals surface area (Å²) in [5.41, 5.74) is 2.85. The number of nitrogens with zero attached hydrogens (tertiary/aromatic N) is 1. The van der Waals surface area contributed by atoms with E-state index >= 15 is 0 Å². The minimum absolute atomic E-state index is 0.274. The number of alkyl carbamates (subject to hydrolysis) is 2. The fourth-order valence-electron chi connectivity index (χ4n) is 4.41. The molecule has 0 aliphatic rings. The van der Waals surface area contributed by atoms with Gasteiger partial charge in [-0.15, -0.1) is 35.3 Å². The van der Waals surface area contributed by atoms with Crippen molar-refractivity contribution in [3.05, 3.63) is 28.3 Å². The first-order valence-electron chi connectivity index (χ1n) is 14.6. The van der Waals surface area contributed by atoms with Gasteiger partial charge in [0.05, 0.1) is 19.7 Å². The summed E-state index contributed by atoms with van der Waals surface area (Å²) in [7, 11) is 1.65. The topological polar surface area (TPSA) is 131 Å². The molecule has 44 heavy (non-hydrogen) atoms. The third-order valence-corrected chi connectivity index (χ3v) is 12.2. The van der Waals surface area contributed by atoms with Crippen molar-refractivity contribution < 1.29 is 28.9 Å². The first-order chi connectivity index (χ1) is 20.3. The number of thioether (sulfide) groups is 3. The number of benzene rings is 1. The number of ether oxygens (including phenoxy) is 3. The second-order valence-corrected chi connectivity index (χ2v) is 16.3. The van der Waals surface area contributed by atoms with E-state index in [1.54, 1.807) is 48.7 Å². The number of amides is 2. The number of hydrogen-bond donors (Lipinski definition) is 4. The lowest BCUT2D eigenvalue weighted by atomic mass is 9.97. The van der Waals surface area contributed by atoms with Crippen LogP contribution in [-0.2, 0) is 16.0 Å². The number of aryl methyl sites for hydroxylation is 1. The summed E-state index contributed by atoms with van der Waals surface area (Å²) in [6.45, 7) is 17.6. The first kappa shape index (κ1) is 40.1. The van der Waals surface area contributed by atoms with Crippen molar-refractivity contribution in [1.29, 1.82) is 0 Å². The molecule has 1 rings (SSSR count). The summed E-state index contributed by atoms with van der Waals surface area (Å²) in [5, 5.41) is 20.3. The smallest absolute Gasteiger partial charge is 0.414 e. The fraction of sp³-hybridized carbons (Fsp3) is 0.710. The molecule has 1 aromatic rings. The molecular formula is C31H54N4O6S3. The highest BCUT2D eigenvalue weighted by Gasteiger charge is 2.41. The highest BCUT2D eigenvalue weighted by atomic mass is 32.3. The molecule has 2 amide bonds. The van der Waals surface area contributed by atoms with E-state index in [4.69, 9.17) is 19.2 Å². The summed E-state index contributed by atoms with van der Waals surface area (Å²) in [6, 6.07) is 1.41. The van der Waals surface area contributed by atoms with Crippen LogP contribution < -0.4 is 20.7 Å². The van der Waals surface area contributed by atoms with Gasteiger partial charge in [-0.3, -0.25) is 5.32 Å². The van der Waals surface area contributed by atoms with E-state index < -0.39 is 38.9 Å². The summed E-state index contributed by atoms with van der Waals surface area (Å²) in [4.78, 5) is 30.1. The molecule has 0 aliphatic heterocycles. The summed E-state index contributed by atoms with van der Waals surface area (Å²) < 4.78 is 15.9. The number of hydrogen-bond acceptors (Lipinski definition) is 10. The van der Waals surface area contributed by atoms with Crippen LogP contribution in [0.5, 0.6) is 5.75 Å². The van der Waals surface area contributed by atoms with E-state index in [2.05, 4.69) is 16.0 Å². The molecule has 0 heterocycles. The Labute approximate surface area is 277 Å². The van der Waals surface area contributed by atoms with E-state index in [0.29, 0.717) is 25.9 Å². The van der Waals surface area contributed by atoms with Gasteiger partial charge in [0.15, 0.2) is 0 Å². The molecule has 0 spiro atoms. The third-order valence-electron chi connectivity index (χ3n) is 6.73. The molecule has 0 saturated heterocycles. The normalized spacial score (nSPS) is 14.0. The molecule has 13 heteroatoms. The Hall–Kier alpha value is -1.96. The van der Waals surface area contributed by atoms with Crippen LogP contribution in [0, 0.1) is 20.8 Å². The van der Waals surface area contributed by atoms with Crippen molar-refractivity contribution in [2.24, 2.45) is 4.99 Å². The van der Waals surface area contributed by atoms with Gasteiger partial charge < -0.3 is 30.0 Å². The molecule has 0 saturated carbocycles.